The number of aromatic nitrogens is 4. The van der Waals surface area contributed by atoms with Gasteiger partial charge >= 0.3 is 0 Å². The summed E-state index contributed by atoms with van der Waals surface area (Å²) in [5.74, 6) is 0.924. The third-order valence-electron chi connectivity index (χ3n) is 6.37. The topological polar surface area (TPSA) is 75.9 Å². The van der Waals surface area contributed by atoms with E-state index in [1.54, 1.807) is 22.3 Å². The molecule has 1 aliphatic heterocycles. The zero-order chi connectivity index (χ0) is 20.3. The summed E-state index contributed by atoms with van der Waals surface area (Å²) in [5, 5.41) is 10.3. The van der Waals surface area contributed by atoms with E-state index in [0.717, 1.165) is 66.2 Å². The van der Waals surface area contributed by atoms with Crippen LogP contribution in [0.4, 0.5) is 5.82 Å². The first-order valence-electron chi connectivity index (χ1n) is 11.0. The Bertz CT molecular complexity index is 1080. The molecule has 1 unspecified atom stereocenters. The second kappa shape index (κ2) is 8.81. The van der Waals surface area contributed by atoms with Crippen LogP contribution in [-0.2, 0) is 19.4 Å². The van der Waals surface area contributed by atoms with Gasteiger partial charge in [0.05, 0.1) is 22.5 Å². The number of anilines is 1. The predicted octanol–water partition coefficient (Wildman–Crippen LogP) is 3.09. The standard InChI is InChI=1S/C22H28N6OS/c29-20-13-16-5-1-2-7-18(16)26-28(20)11-10-27-9-4-3-6-17(27)14-23-22-21-19(8-12-30-21)24-15-25-22/h8,12-13,15,17H,1-7,9-11,14H2,(H,23,24,25). The summed E-state index contributed by atoms with van der Waals surface area (Å²) in [5.41, 5.74) is 3.33. The van der Waals surface area contributed by atoms with E-state index < -0.39 is 0 Å². The van der Waals surface area contributed by atoms with Crippen molar-refractivity contribution in [1.29, 1.82) is 0 Å². The minimum absolute atomic E-state index is 0.0448. The zero-order valence-corrected chi connectivity index (χ0v) is 18.0. The summed E-state index contributed by atoms with van der Waals surface area (Å²) >= 11 is 1.67. The van der Waals surface area contributed by atoms with Crippen LogP contribution < -0.4 is 10.9 Å². The Kier molecular flexibility index (Phi) is 5.77. The van der Waals surface area contributed by atoms with Crippen LogP contribution in [0.3, 0.4) is 0 Å². The quantitative estimate of drug-likeness (QED) is 0.655. The maximum absolute atomic E-state index is 12.5. The summed E-state index contributed by atoms with van der Waals surface area (Å²) < 4.78 is 2.80. The molecular weight excluding hydrogens is 396 g/mol. The Balaban J connectivity index is 1.24. The van der Waals surface area contributed by atoms with E-state index in [9.17, 15) is 4.79 Å². The fourth-order valence-electron chi connectivity index (χ4n) is 4.70. The summed E-state index contributed by atoms with van der Waals surface area (Å²) in [4.78, 5) is 23.8. The molecule has 0 saturated carbocycles. The molecule has 3 aromatic rings. The number of hydrogen-bond acceptors (Lipinski definition) is 7. The van der Waals surface area contributed by atoms with Crippen LogP contribution in [0, 0.1) is 0 Å². The molecule has 0 aromatic carbocycles. The van der Waals surface area contributed by atoms with Crippen molar-refractivity contribution in [3.05, 3.63) is 45.5 Å². The van der Waals surface area contributed by atoms with Gasteiger partial charge in [-0.15, -0.1) is 11.3 Å². The van der Waals surface area contributed by atoms with Crippen LogP contribution in [0.2, 0.25) is 0 Å². The normalized spacial score (nSPS) is 19.7. The number of nitrogens with zero attached hydrogens (tertiary/aromatic N) is 5. The van der Waals surface area contributed by atoms with Gasteiger partial charge in [0.25, 0.3) is 5.56 Å². The Morgan fingerprint density at radius 1 is 1.13 bits per heavy atom. The molecule has 5 rings (SSSR count). The Morgan fingerprint density at radius 2 is 2.07 bits per heavy atom. The van der Waals surface area contributed by atoms with Crippen molar-refractivity contribution in [3.8, 4) is 0 Å². The number of aryl methyl sites for hydroxylation is 2. The fraction of sp³-hybridized carbons (Fsp3) is 0.545. The maximum atomic E-state index is 12.5. The lowest BCUT2D eigenvalue weighted by atomic mass is 9.97. The molecule has 0 bridgehead atoms. The molecule has 8 heteroatoms. The second-order valence-corrected chi connectivity index (χ2v) is 9.22. The van der Waals surface area contributed by atoms with Crippen molar-refractivity contribution in [2.45, 2.75) is 57.5 Å². The first kappa shape index (κ1) is 19.6. The first-order valence-corrected chi connectivity index (χ1v) is 11.9. The molecule has 1 aliphatic carbocycles. The lowest BCUT2D eigenvalue weighted by Gasteiger charge is -2.36. The van der Waals surface area contributed by atoms with Gasteiger partial charge in [-0.05, 0) is 62.1 Å². The Labute approximate surface area is 180 Å². The number of thiophene rings is 1. The third-order valence-corrected chi connectivity index (χ3v) is 7.28. The Morgan fingerprint density at radius 3 is 3.03 bits per heavy atom. The van der Waals surface area contributed by atoms with E-state index >= 15 is 0 Å². The fourth-order valence-corrected chi connectivity index (χ4v) is 5.51. The number of nitrogens with one attached hydrogen (secondary N) is 1. The molecule has 158 valence electrons. The van der Waals surface area contributed by atoms with E-state index in [0.29, 0.717) is 12.6 Å². The van der Waals surface area contributed by atoms with Gasteiger partial charge in [0, 0.05) is 25.2 Å². The van der Waals surface area contributed by atoms with Crippen molar-refractivity contribution in [2.75, 3.05) is 25.0 Å². The van der Waals surface area contributed by atoms with Crippen LogP contribution in [0.1, 0.15) is 43.4 Å². The molecule has 7 nitrogen and oxygen atoms in total. The van der Waals surface area contributed by atoms with Crippen molar-refractivity contribution in [2.24, 2.45) is 0 Å². The molecule has 1 fully saturated rings. The van der Waals surface area contributed by atoms with Crippen molar-refractivity contribution in [1.82, 2.24) is 24.6 Å². The van der Waals surface area contributed by atoms with E-state index in [2.05, 4.69) is 25.6 Å². The third kappa shape index (κ3) is 4.11. The number of piperidine rings is 1. The largest absolute Gasteiger partial charge is 0.367 e. The number of hydrogen-bond donors (Lipinski definition) is 1. The number of likely N-dealkylation sites (tertiary alicyclic amines) is 1. The van der Waals surface area contributed by atoms with Crippen molar-refractivity contribution in [3.63, 3.8) is 0 Å². The minimum Gasteiger partial charge on any atom is -0.367 e. The highest BCUT2D eigenvalue weighted by Crippen LogP contribution is 2.25. The van der Waals surface area contributed by atoms with Gasteiger partial charge in [-0.3, -0.25) is 9.69 Å². The lowest BCUT2D eigenvalue weighted by molar-refractivity contribution is 0.147. The van der Waals surface area contributed by atoms with Crippen LogP contribution in [0.25, 0.3) is 10.2 Å². The van der Waals surface area contributed by atoms with Gasteiger partial charge < -0.3 is 5.32 Å². The van der Waals surface area contributed by atoms with E-state index in [1.165, 1.54) is 25.7 Å². The van der Waals surface area contributed by atoms with Crippen molar-refractivity contribution < 1.29 is 0 Å². The second-order valence-electron chi connectivity index (χ2n) is 8.31. The van der Waals surface area contributed by atoms with E-state index in [1.807, 2.05) is 12.1 Å². The SMILES string of the molecule is O=c1cc2c(nn1CCN1CCCCC1CNc1ncnc3ccsc13)CCCC2. The van der Waals surface area contributed by atoms with Gasteiger partial charge in [0.2, 0.25) is 0 Å². The van der Waals surface area contributed by atoms with Crippen LogP contribution >= 0.6 is 11.3 Å². The first-order chi connectivity index (χ1) is 14.8. The highest BCUT2D eigenvalue weighted by Gasteiger charge is 2.23. The molecule has 2 aliphatic rings. The van der Waals surface area contributed by atoms with Gasteiger partial charge in [-0.1, -0.05) is 6.42 Å². The summed E-state index contributed by atoms with van der Waals surface area (Å²) in [6.45, 7) is 3.45. The van der Waals surface area contributed by atoms with Gasteiger partial charge in [0.15, 0.2) is 0 Å². The van der Waals surface area contributed by atoms with Gasteiger partial charge in [0.1, 0.15) is 12.1 Å². The molecule has 3 aromatic heterocycles. The molecule has 1 N–H and O–H groups in total. The van der Waals surface area contributed by atoms with Gasteiger partial charge in [-0.25, -0.2) is 14.6 Å². The molecule has 1 saturated heterocycles. The van der Waals surface area contributed by atoms with Crippen LogP contribution in [0.15, 0.2) is 28.6 Å². The molecular formula is C22H28N6OS. The zero-order valence-electron chi connectivity index (χ0n) is 17.2. The van der Waals surface area contributed by atoms with E-state index in [-0.39, 0.29) is 5.56 Å². The smallest absolute Gasteiger partial charge is 0.267 e. The van der Waals surface area contributed by atoms with Crippen molar-refractivity contribution >= 4 is 27.4 Å². The Hall–Kier alpha value is -2.32. The summed E-state index contributed by atoms with van der Waals surface area (Å²) in [6.07, 6.45) is 9.61. The van der Waals surface area contributed by atoms with Crippen LogP contribution in [0.5, 0.6) is 0 Å². The number of rotatable bonds is 6. The average molecular weight is 425 g/mol. The highest BCUT2D eigenvalue weighted by molar-refractivity contribution is 7.17. The number of fused-ring (bicyclic) bond motifs is 2. The maximum Gasteiger partial charge on any atom is 0.267 e. The van der Waals surface area contributed by atoms with E-state index in [4.69, 9.17) is 5.10 Å². The lowest BCUT2D eigenvalue weighted by Crippen LogP contribution is -2.45. The minimum atomic E-state index is 0.0448. The van der Waals surface area contributed by atoms with Gasteiger partial charge in [-0.2, -0.15) is 5.10 Å². The molecule has 0 amide bonds. The molecule has 4 heterocycles. The monoisotopic (exact) mass is 424 g/mol. The summed E-state index contributed by atoms with van der Waals surface area (Å²) in [7, 11) is 0. The predicted molar refractivity (Wildman–Crippen MR) is 120 cm³/mol. The molecule has 1 atom stereocenters. The highest BCUT2D eigenvalue weighted by atomic mass is 32.1. The average Bonchev–Trinajstić information content (AvgIpc) is 3.26. The van der Waals surface area contributed by atoms with Crippen LogP contribution in [-0.4, -0.2) is 50.3 Å². The molecule has 30 heavy (non-hydrogen) atoms. The summed E-state index contributed by atoms with van der Waals surface area (Å²) in [6, 6.07) is 4.29. The molecule has 0 spiro atoms. The molecule has 0 radical (unpaired) electrons.